The van der Waals surface area contributed by atoms with Crippen molar-refractivity contribution in [2.75, 3.05) is 27.9 Å². The van der Waals surface area contributed by atoms with Crippen LogP contribution in [0.4, 0.5) is 0 Å². The molecule has 0 saturated carbocycles. The first-order valence-electron chi connectivity index (χ1n) is 12.0. The molecule has 4 aromatic rings. The van der Waals surface area contributed by atoms with E-state index in [-0.39, 0.29) is 21.6 Å². The van der Waals surface area contributed by atoms with E-state index in [0.29, 0.717) is 45.1 Å². The van der Waals surface area contributed by atoms with Gasteiger partial charge in [0.05, 0.1) is 43.0 Å². The van der Waals surface area contributed by atoms with Crippen molar-refractivity contribution in [2.24, 2.45) is 0 Å². The minimum Gasteiger partial charge on any atom is -0.497 e. The Kier molecular flexibility index (Phi) is 8.45. The van der Waals surface area contributed by atoms with Gasteiger partial charge in [0.2, 0.25) is 0 Å². The highest BCUT2D eigenvalue weighted by atomic mass is 32.2. The van der Waals surface area contributed by atoms with Crippen LogP contribution in [0.15, 0.2) is 46.6 Å². The number of thioether (sulfide) groups is 1. The third kappa shape index (κ3) is 5.52. The van der Waals surface area contributed by atoms with E-state index in [1.807, 2.05) is 6.92 Å². The molecule has 212 valence electrons. The normalized spacial score (nSPS) is 11.4. The SMILES string of the molecule is COc1ccc2c(c1)nc(SCc1ncc(C)c(OC)c1OC)n2S(=O)(=O)c1c(C)cc(OCC(=O)O)cc1C. The second-order valence-corrected chi connectivity index (χ2v) is 11.5. The van der Waals surface area contributed by atoms with Gasteiger partial charge in [-0.05, 0) is 56.2 Å². The number of methoxy groups -OCH3 is 3. The minimum atomic E-state index is -4.18. The summed E-state index contributed by atoms with van der Waals surface area (Å²) in [5.41, 5.74) is 2.97. The average Bonchev–Trinajstić information content (AvgIpc) is 3.28. The van der Waals surface area contributed by atoms with Crippen LogP contribution in [0.5, 0.6) is 23.0 Å². The summed E-state index contributed by atoms with van der Waals surface area (Å²) in [6.45, 7) is 4.58. The molecule has 0 radical (unpaired) electrons. The molecule has 1 N–H and O–H groups in total. The van der Waals surface area contributed by atoms with Crippen LogP contribution >= 0.6 is 11.8 Å². The summed E-state index contributed by atoms with van der Waals surface area (Å²) < 4.78 is 51.4. The first-order valence-corrected chi connectivity index (χ1v) is 14.4. The lowest BCUT2D eigenvalue weighted by Crippen LogP contribution is -2.17. The number of carbonyl (C=O) groups is 1. The Morgan fingerprint density at radius 2 is 1.62 bits per heavy atom. The van der Waals surface area contributed by atoms with Crippen LogP contribution in [-0.2, 0) is 20.6 Å². The molecule has 13 heteroatoms. The molecule has 2 aromatic carbocycles. The van der Waals surface area contributed by atoms with Crippen molar-refractivity contribution in [3.8, 4) is 23.0 Å². The largest absolute Gasteiger partial charge is 0.497 e. The predicted octanol–water partition coefficient (Wildman–Crippen LogP) is 4.38. The van der Waals surface area contributed by atoms with Crippen molar-refractivity contribution in [3.63, 3.8) is 0 Å². The fraction of sp³-hybridized carbons (Fsp3) is 0.296. The summed E-state index contributed by atoms with van der Waals surface area (Å²) >= 11 is 1.19. The number of carboxylic acid groups (broad SMARTS) is 1. The van der Waals surface area contributed by atoms with Gasteiger partial charge < -0.3 is 24.1 Å². The first-order chi connectivity index (χ1) is 19.0. The third-order valence-electron chi connectivity index (χ3n) is 6.07. The van der Waals surface area contributed by atoms with Crippen molar-refractivity contribution in [2.45, 2.75) is 36.6 Å². The molecule has 0 spiro atoms. The van der Waals surface area contributed by atoms with Gasteiger partial charge in [0.25, 0.3) is 10.0 Å². The van der Waals surface area contributed by atoms with Crippen molar-refractivity contribution < 1.29 is 37.3 Å². The van der Waals surface area contributed by atoms with E-state index in [2.05, 4.69) is 9.97 Å². The van der Waals surface area contributed by atoms with E-state index in [4.69, 9.17) is 24.1 Å². The molecule has 0 aliphatic rings. The summed E-state index contributed by atoms with van der Waals surface area (Å²) in [6, 6.07) is 7.99. The Bertz CT molecular complexity index is 1680. The quantitative estimate of drug-likeness (QED) is 0.250. The number of pyridine rings is 1. The molecular formula is C27H29N3O8S2. The van der Waals surface area contributed by atoms with Crippen LogP contribution in [-0.4, -0.2) is 61.4 Å². The number of aromatic nitrogens is 3. The second kappa shape index (κ2) is 11.6. The molecule has 40 heavy (non-hydrogen) atoms. The molecule has 0 fully saturated rings. The Labute approximate surface area is 236 Å². The standard InChI is InChI=1S/C27H29N3O8S2/c1-15-9-19(38-13-23(31)32)10-16(2)26(15)40(33,34)30-22-8-7-18(35-4)11-20(22)29-27(30)39-14-21-25(37-6)24(36-5)17(3)12-28-21/h7-12H,13-14H2,1-6H3,(H,31,32). The van der Waals surface area contributed by atoms with Gasteiger partial charge in [0.1, 0.15) is 11.5 Å². The average molecular weight is 588 g/mol. The van der Waals surface area contributed by atoms with Gasteiger partial charge in [-0.1, -0.05) is 11.8 Å². The molecule has 0 aliphatic carbocycles. The molecule has 2 heterocycles. The summed E-state index contributed by atoms with van der Waals surface area (Å²) in [7, 11) is 0.412. The number of fused-ring (bicyclic) bond motifs is 1. The molecule has 0 unspecified atom stereocenters. The maximum absolute atomic E-state index is 14.3. The van der Waals surface area contributed by atoms with E-state index < -0.39 is 22.6 Å². The maximum atomic E-state index is 14.3. The monoisotopic (exact) mass is 587 g/mol. The molecule has 0 saturated heterocycles. The van der Waals surface area contributed by atoms with Crippen LogP contribution < -0.4 is 18.9 Å². The lowest BCUT2D eigenvalue weighted by Gasteiger charge is -2.17. The fourth-order valence-electron chi connectivity index (χ4n) is 4.41. The zero-order valence-electron chi connectivity index (χ0n) is 22.8. The highest BCUT2D eigenvalue weighted by Gasteiger charge is 2.29. The number of ether oxygens (including phenoxy) is 4. The number of aryl methyl sites for hydroxylation is 3. The number of rotatable bonds is 11. The Balaban J connectivity index is 1.84. The lowest BCUT2D eigenvalue weighted by atomic mass is 10.1. The van der Waals surface area contributed by atoms with Gasteiger partial charge in [0, 0.05) is 23.6 Å². The van der Waals surface area contributed by atoms with Gasteiger partial charge >= 0.3 is 5.97 Å². The summed E-state index contributed by atoms with van der Waals surface area (Å²) in [6.07, 6.45) is 1.67. The second-order valence-electron chi connectivity index (χ2n) is 8.83. The van der Waals surface area contributed by atoms with E-state index in [0.717, 1.165) is 5.56 Å². The van der Waals surface area contributed by atoms with Crippen LogP contribution in [0.2, 0.25) is 0 Å². The van der Waals surface area contributed by atoms with E-state index >= 15 is 0 Å². The minimum absolute atomic E-state index is 0.0693. The number of imidazole rings is 1. The van der Waals surface area contributed by atoms with Crippen molar-refractivity contribution >= 4 is 38.8 Å². The van der Waals surface area contributed by atoms with Crippen LogP contribution in [0.25, 0.3) is 11.0 Å². The Morgan fingerprint density at radius 3 is 2.23 bits per heavy atom. The maximum Gasteiger partial charge on any atom is 0.341 e. The number of hydrogen-bond donors (Lipinski definition) is 1. The van der Waals surface area contributed by atoms with Crippen LogP contribution in [0.1, 0.15) is 22.4 Å². The van der Waals surface area contributed by atoms with Crippen molar-refractivity contribution in [3.05, 3.63) is 58.9 Å². The van der Waals surface area contributed by atoms with Gasteiger partial charge in [-0.15, -0.1) is 0 Å². The third-order valence-corrected chi connectivity index (χ3v) is 9.15. The summed E-state index contributed by atoms with van der Waals surface area (Å²) in [5.74, 6) is 0.922. The fourth-order valence-corrected chi connectivity index (χ4v) is 7.48. The molecule has 11 nitrogen and oxygen atoms in total. The highest BCUT2D eigenvalue weighted by molar-refractivity contribution is 7.99. The number of nitrogens with zero attached hydrogens (tertiary/aromatic N) is 3. The summed E-state index contributed by atoms with van der Waals surface area (Å²) in [4.78, 5) is 20.1. The number of benzene rings is 2. The van der Waals surface area contributed by atoms with Gasteiger partial charge in [-0.2, -0.15) is 0 Å². The molecule has 0 amide bonds. The van der Waals surface area contributed by atoms with E-state index in [9.17, 15) is 13.2 Å². The molecule has 2 aromatic heterocycles. The smallest absolute Gasteiger partial charge is 0.341 e. The van der Waals surface area contributed by atoms with E-state index in [1.54, 1.807) is 45.4 Å². The van der Waals surface area contributed by atoms with Crippen molar-refractivity contribution in [1.82, 2.24) is 13.9 Å². The zero-order valence-corrected chi connectivity index (χ0v) is 24.5. The molecule has 0 bridgehead atoms. The number of hydrogen-bond acceptors (Lipinski definition) is 10. The highest BCUT2D eigenvalue weighted by Crippen LogP contribution is 2.38. The lowest BCUT2D eigenvalue weighted by molar-refractivity contribution is -0.139. The molecule has 0 aliphatic heterocycles. The molecule has 0 atom stereocenters. The van der Waals surface area contributed by atoms with Gasteiger partial charge in [-0.3, -0.25) is 4.98 Å². The van der Waals surface area contributed by atoms with Gasteiger partial charge in [-0.25, -0.2) is 22.2 Å². The number of carboxylic acids is 1. The van der Waals surface area contributed by atoms with Crippen molar-refractivity contribution in [1.29, 1.82) is 0 Å². The molecule has 4 rings (SSSR count). The topological polar surface area (TPSA) is 139 Å². The van der Waals surface area contributed by atoms with E-state index in [1.165, 1.54) is 42.1 Å². The summed E-state index contributed by atoms with van der Waals surface area (Å²) in [5, 5.41) is 9.16. The first kappa shape index (κ1) is 29.0. The van der Waals surface area contributed by atoms with Crippen LogP contribution in [0.3, 0.4) is 0 Å². The predicted molar refractivity (Wildman–Crippen MR) is 150 cm³/mol. The van der Waals surface area contributed by atoms with Gasteiger partial charge in [0.15, 0.2) is 23.3 Å². The zero-order chi connectivity index (χ0) is 29.2. The number of aliphatic carboxylic acids is 1. The Morgan fingerprint density at radius 1 is 0.950 bits per heavy atom. The Hall–Kier alpha value is -3.97. The van der Waals surface area contributed by atoms with Crippen LogP contribution in [0, 0.1) is 20.8 Å². The molecular weight excluding hydrogens is 558 g/mol.